The first-order chi connectivity index (χ1) is 13.1. The molecule has 3 nitrogen and oxygen atoms in total. The van der Waals surface area contributed by atoms with Gasteiger partial charge in [0.15, 0.2) is 5.11 Å². The van der Waals surface area contributed by atoms with E-state index in [1.54, 1.807) is 0 Å². The Morgan fingerprint density at radius 3 is 1.81 bits per heavy atom. The molecule has 0 spiro atoms. The maximum absolute atomic E-state index is 5.51. The molecule has 0 saturated carbocycles. The highest BCUT2D eigenvalue weighted by Crippen LogP contribution is 2.23. The van der Waals surface area contributed by atoms with Crippen LogP contribution in [0.3, 0.4) is 0 Å². The number of nitrogens with zero attached hydrogens (tertiary/aromatic N) is 1. The van der Waals surface area contributed by atoms with Gasteiger partial charge in [-0.3, -0.25) is 0 Å². The first-order valence-corrected chi connectivity index (χ1v) is 9.46. The number of nitrogens with one attached hydrogen (secondary N) is 2. The van der Waals surface area contributed by atoms with Crippen LogP contribution in [0.4, 0.5) is 11.4 Å². The second-order valence-corrected chi connectivity index (χ2v) is 7.06. The van der Waals surface area contributed by atoms with E-state index in [4.69, 9.17) is 12.2 Å². The Kier molecular flexibility index (Phi) is 6.44. The average molecular weight is 376 g/mol. The SMILES string of the molecule is CN(C)c1ccc(NC(=S)NCC(c2ccccc2)c2ccccc2)cc1. The van der Waals surface area contributed by atoms with Crippen molar-refractivity contribution >= 4 is 28.7 Å². The summed E-state index contributed by atoms with van der Waals surface area (Å²) in [5.41, 5.74) is 4.69. The van der Waals surface area contributed by atoms with Gasteiger partial charge in [-0.15, -0.1) is 0 Å². The van der Waals surface area contributed by atoms with E-state index in [9.17, 15) is 0 Å². The molecular formula is C23H25N3S. The fraction of sp³-hybridized carbons (Fsp3) is 0.174. The first kappa shape index (κ1) is 18.9. The Labute approximate surface area is 167 Å². The van der Waals surface area contributed by atoms with Crippen LogP contribution >= 0.6 is 12.2 Å². The standard InChI is InChI=1S/C23H25N3S/c1-26(2)21-15-13-20(14-16-21)25-23(27)24-17-22(18-9-5-3-6-10-18)19-11-7-4-8-12-19/h3-16,22H,17H2,1-2H3,(H2,24,25,27). The van der Waals surface area contributed by atoms with Gasteiger partial charge in [-0.05, 0) is 47.6 Å². The van der Waals surface area contributed by atoms with Crippen molar-refractivity contribution in [3.63, 3.8) is 0 Å². The zero-order chi connectivity index (χ0) is 19.1. The van der Waals surface area contributed by atoms with E-state index in [0.29, 0.717) is 5.11 Å². The summed E-state index contributed by atoms with van der Waals surface area (Å²) < 4.78 is 0. The molecule has 0 saturated heterocycles. The Hall–Kier alpha value is -2.85. The van der Waals surface area contributed by atoms with Gasteiger partial charge in [0, 0.05) is 37.9 Å². The summed E-state index contributed by atoms with van der Waals surface area (Å²) in [7, 11) is 4.06. The van der Waals surface area contributed by atoms with Gasteiger partial charge in [0.25, 0.3) is 0 Å². The van der Waals surface area contributed by atoms with E-state index in [-0.39, 0.29) is 5.92 Å². The van der Waals surface area contributed by atoms with Gasteiger partial charge >= 0.3 is 0 Å². The van der Waals surface area contributed by atoms with Crippen LogP contribution in [0, 0.1) is 0 Å². The molecular weight excluding hydrogens is 350 g/mol. The van der Waals surface area contributed by atoms with Gasteiger partial charge in [-0.25, -0.2) is 0 Å². The second-order valence-electron chi connectivity index (χ2n) is 6.65. The zero-order valence-corrected chi connectivity index (χ0v) is 16.5. The molecule has 0 unspecified atom stereocenters. The lowest BCUT2D eigenvalue weighted by Gasteiger charge is -2.20. The summed E-state index contributed by atoms with van der Waals surface area (Å²) in [4.78, 5) is 2.07. The molecule has 0 aliphatic rings. The van der Waals surface area contributed by atoms with Crippen molar-refractivity contribution in [2.45, 2.75) is 5.92 Å². The molecule has 0 aromatic heterocycles. The van der Waals surface area contributed by atoms with Crippen LogP contribution in [-0.4, -0.2) is 25.8 Å². The minimum Gasteiger partial charge on any atom is -0.378 e. The molecule has 0 amide bonds. The van der Waals surface area contributed by atoms with Crippen LogP contribution in [-0.2, 0) is 0 Å². The molecule has 3 aromatic carbocycles. The maximum atomic E-state index is 5.51. The summed E-state index contributed by atoms with van der Waals surface area (Å²) >= 11 is 5.51. The first-order valence-electron chi connectivity index (χ1n) is 9.05. The second kappa shape index (κ2) is 9.19. The van der Waals surface area contributed by atoms with Crippen molar-refractivity contribution in [2.24, 2.45) is 0 Å². The van der Waals surface area contributed by atoms with Crippen LogP contribution in [0.5, 0.6) is 0 Å². The molecule has 3 rings (SSSR count). The van der Waals surface area contributed by atoms with Crippen molar-refractivity contribution in [3.05, 3.63) is 96.1 Å². The van der Waals surface area contributed by atoms with Gasteiger partial charge in [0.1, 0.15) is 0 Å². The van der Waals surface area contributed by atoms with Crippen LogP contribution in [0.1, 0.15) is 17.0 Å². The Bertz CT molecular complexity index is 806. The average Bonchev–Trinajstić information content (AvgIpc) is 2.70. The molecule has 0 heterocycles. The van der Waals surface area contributed by atoms with Crippen molar-refractivity contribution in [1.82, 2.24) is 5.32 Å². The minimum atomic E-state index is 0.239. The molecule has 27 heavy (non-hydrogen) atoms. The minimum absolute atomic E-state index is 0.239. The van der Waals surface area contributed by atoms with Gasteiger partial charge < -0.3 is 15.5 Å². The number of hydrogen-bond donors (Lipinski definition) is 2. The third-order valence-corrected chi connectivity index (χ3v) is 4.76. The molecule has 4 heteroatoms. The zero-order valence-electron chi connectivity index (χ0n) is 15.7. The van der Waals surface area contributed by atoms with Crippen molar-refractivity contribution in [1.29, 1.82) is 0 Å². The monoisotopic (exact) mass is 375 g/mol. The molecule has 0 radical (unpaired) electrons. The normalized spacial score (nSPS) is 10.5. The quantitative estimate of drug-likeness (QED) is 0.601. The van der Waals surface area contributed by atoms with E-state index in [2.05, 4.69) is 76.2 Å². The molecule has 0 atom stereocenters. The summed E-state index contributed by atoms with van der Waals surface area (Å²) in [6.45, 7) is 0.732. The topological polar surface area (TPSA) is 27.3 Å². The Morgan fingerprint density at radius 1 is 0.815 bits per heavy atom. The lowest BCUT2D eigenvalue weighted by Crippen LogP contribution is -2.32. The lowest BCUT2D eigenvalue weighted by molar-refractivity contribution is 0.761. The molecule has 0 fully saturated rings. The van der Waals surface area contributed by atoms with Crippen LogP contribution < -0.4 is 15.5 Å². The number of rotatable bonds is 6. The highest BCUT2D eigenvalue weighted by Gasteiger charge is 2.14. The molecule has 0 bridgehead atoms. The lowest BCUT2D eigenvalue weighted by atomic mass is 9.91. The Morgan fingerprint density at radius 2 is 1.33 bits per heavy atom. The predicted octanol–water partition coefficient (Wildman–Crippen LogP) is 4.87. The Balaban J connectivity index is 1.65. The largest absolute Gasteiger partial charge is 0.378 e. The summed E-state index contributed by atoms with van der Waals surface area (Å²) in [6.07, 6.45) is 0. The van der Waals surface area contributed by atoms with Crippen LogP contribution in [0.15, 0.2) is 84.9 Å². The van der Waals surface area contributed by atoms with E-state index in [1.807, 2.05) is 38.4 Å². The number of benzene rings is 3. The summed E-state index contributed by atoms with van der Waals surface area (Å²) in [5.74, 6) is 0.239. The summed E-state index contributed by atoms with van der Waals surface area (Å²) in [5, 5.41) is 7.27. The smallest absolute Gasteiger partial charge is 0.170 e. The van der Waals surface area contributed by atoms with Crippen LogP contribution in [0.25, 0.3) is 0 Å². The summed E-state index contributed by atoms with van der Waals surface area (Å²) in [6, 6.07) is 29.3. The highest BCUT2D eigenvalue weighted by atomic mass is 32.1. The van der Waals surface area contributed by atoms with Gasteiger partial charge in [0.05, 0.1) is 0 Å². The van der Waals surface area contributed by atoms with Gasteiger partial charge in [-0.1, -0.05) is 60.7 Å². The van der Waals surface area contributed by atoms with E-state index in [0.717, 1.165) is 17.9 Å². The van der Waals surface area contributed by atoms with E-state index < -0.39 is 0 Å². The third kappa shape index (κ3) is 5.31. The number of thiocarbonyl (C=S) groups is 1. The van der Waals surface area contributed by atoms with Crippen molar-refractivity contribution in [2.75, 3.05) is 30.9 Å². The van der Waals surface area contributed by atoms with E-state index in [1.165, 1.54) is 11.1 Å². The molecule has 0 aliphatic heterocycles. The maximum Gasteiger partial charge on any atom is 0.170 e. The molecule has 138 valence electrons. The molecule has 2 N–H and O–H groups in total. The van der Waals surface area contributed by atoms with E-state index >= 15 is 0 Å². The predicted molar refractivity (Wildman–Crippen MR) is 120 cm³/mol. The fourth-order valence-corrected chi connectivity index (χ4v) is 3.21. The van der Waals surface area contributed by atoms with Crippen molar-refractivity contribution in [3.8, 4) is 0 Å². The van der Waals surface area contributed by atoms with Gasteiger partial charge in [0.2, 0.25) is 0 Å². The fourth-order valence-electron chi connectivity index (χ4n) is 3.01. The number of hydrogen-bond acceptors (Lipinski definition) is 2. The molecule has 0 aliphatic carbocycles. The third-order valence-electron chi connectivity index (χ3n) is 4.51. The van der Waals surface area contributed by atoms with Gasteiger partial charge in [-0.2, -0.15) is 0 Å². The number of anilines is 2. The molecule has 3 aromatic rings. The van der Waals surface area contributed by atoms with Crippen LogP contribution in [0.2, 0.25) is 0 Å². The van der Waals surface area contributed by atoms with Crippen molar-refractivity contribution < 1.29 is 0 Å². The highest BCUT2D eigenvalue weighted by molar-refractivity contribution is 7.80.